The highest BCUT2D eigenvalue weighted by Gasteiger charge is 2.36. The first-order valence-electron chi connectivity index (χ1n) is 12.7. The number of amides is 1. The third kappa shape index (κ3) is 4.98. The number of halogens is 3. The van der Waals surface area contributed by atoms with E-state index in [4.69, 9.17) is 16.3 Å². The van der Waals surface area contributed by atoms with Gasteiger partial charge in [0.2, 0.25) is 0 Å². The van der Waals surface area contributed by atoms with Crippen molar-refractivity contribution in [3.05, 3.63) is 98.7 Å². The summed E-state index contributed by atoms with van der Waals surface area (Å²) in [5.41, 5.74) is 0.173. The van der Waals surface area contributed by atoms with Crippen LogP contribution in [0.25, 0.3) is 5.82 Å². The van der Waals surface area contributed by atoms with Crippen LogP contribution in [0, 0.1) is 11.6 Å². The van der Waals surface area contributed by atoms with Gasteiger partial charge in [-0.15, -0.1) is 5.10 Å². The summed E-state index contributed by atoms with van der Waals surface area (Å²) in [5, 5.41) is 4.37. The molecule has 0 radical (unpaired) electrons. The largest absolute Gasteiger partial charge is 0.369 e. The molecule has 12 heteroatoms. The Kier molecular flexibility index (Phi) is 7.68. The van der Waals surface area contributed by atoms with Crippen molar-refractivity contribution in [1.82, 2.24) is 19.3 Å². The second kappa shape index (κ2) is 11.2. The molecule has 9 nitrogen and oxygen atoms in total. The van der Waals surface area contributed by atoms with Crippen LogP contribution in [0.3, 0.4) is 0 Å². The monoisotopic (exact) mass is 568 g/mol. The Morgan fingerprint density at radius 3 is 2.42 bits per heavy atom. The number of hydrogen-bond donors (Lipinski definition) is 0. The van der Waals surface area contributed by atoms with E-state index in [0.29, 0.717) is 12.4 Å². The molecule has 0 bridgehead atoms. The Bertz CT molecular complexity index is 1600. The molecule has 0 spiro atoms. The van der Waals surface area contributed by atoms with E-state index in [1.54, 1.807) is 11.8 Å². The molecule has 2 aromatic heterocycles. The van der Waals surface area contributed by atoms with Crippen LogP contribution in [-0.2, 0) is 24.5 Å². The second-order valence-corrected chi connectivity index (χ2v) is 9.91. The number of aromatic nitrogens is 4. The van der Waals surface area contributed by atoms with Gasteiger partial charge in [0.05, 0.1) is 17.2 Å². The molecule has 1 aliphatic rings. The predicted molar refractivity (Wildman–Crippen MR) is 147 cm³/mol. The van der Waals surface area contributed by atoms with E-state index < -0.39 is 23.2 Å². The van der Waals surface area contributed by atoms with Crippen LogP contribution in [0.4, 0.5) is 20.3 Å². The minimum absolute atomic E-state index is 0.0203. The highest BCUT2D eigenvalue weighted by atomic mass is 35.5. The summed E-state index contributed by atoms with van der Waals surface area (Å²) in [7, 11) is 0. The number of benzene rings is 2. The van der Waals surface area contributed by atoms with Crippen LogP contribution < -0.4 is 15.5 Å². The molecule has 0 N–H and O–H groups in total. The third-order valence-electron chi connectivity index (χ3n) is 6.61. The number of fused-ring (bicyclic) bond motifs is 1. The van der Waals surface area contributed by atoms with Crippen LogP contribution in [0.5, 0.6) is 0 Å². The van der Waals surface area contributed by atoms with Crippen LogP contribution in [0.1, 0.15) is 42.5 Å². The Balaban J connectivity index is 1.52. The first-order valence-corrected chi connectivity index (χ1v) is 13.1. The van der Waals surface area contributed by atoms with Gasteiger partial charge in [-0.2, -0.15) is 4.68 Å². The van der Waals surface area contributed by atoms with Crippen molar-refractivity contribution in [2.75, 3.05) is 16.5 Å². The van der Waals surface area contributed by atoms with Gasteiger partial charge in [-0.1, -0.05) is 48.0 Å². The maximum absolute atomic E-state index is 15.6. The summed E-state index contributed by atoms with van der Waals surface area (Å²) < 4.78 is 38.3. The molecular weight excluding hydrogens is 542 g/mol. The quantitative estimate of drug-likeness (QED) is 0.300. The lowest BCUT2D eigenvalue weighted by molar-refractivity contribution is 0.0979. The van der Waals surface area contributed by atoms with E-state index in [-0.39, 0.29) is 53.8 Å². The van der Waals surface area contributed by atoms with Crippen molar-refractivity contribution in [1.29, 1.82) is 0 Å². The topological polar surface area (TPSA) is 85.5 Å². The molecule has 0 aliphatic carbocycles. The number of anilines is 2. The molecule has 4 aromatic rings. The van der Waals surface area contributed by atoms with E-state index in [0.717, 1.165) is 21.2 Å². The molecule has 0 unspecified atom stereocenters. The molecule has 1 aliphatic heterocycles. The summed E-state index contributed by atoms with van der Waals surface area (Å²) in [6.45, 7) is 6.00. The average Bonchev–Trinajstić information content (AvgIpc) is 3.24. The maximum Gasteiger partial charge on any atom is 0.352 e. The van der Waals surface area contributed by atoms with Crippen molar-refractivity contribution in [3.8, 4) is 5.82 Å². The zero-order valence-corrected chi connectivity index (χ0v) is 22.9. The molecule has 1 amide bonds. The molecule has 5 rings (SSSR count). The second-order valence-electron chi connectivity index (χ2n) is 9.51. The van der Waals surface area contributed by atoms with E-state index in [1.807, 2.05) is 44.2 Å². The molecular formula is C28H27ClF2N6O3. The lowest BCUT2D eigenvalue weighted by atomic mass is 10.1. The van der Waals surface area contributed by atoms with Crippen molar-refractivity contribution < 1.29 is 18.3 Å². The number of para-hydroxylation sites is 1. The fraction of sp³-hybridized carbons (Fsp3) is 0.286. The van der Waals surface area contributed by atoms with Gasteiger partial charge in [0.1, 0.15) is 30.6 Å². The Morgan fingerprint density at radius 1 is 1.00 bits per heavy atom. The van der Waals surface area contributed by atoms with Crippen LogP contribution in [0.15, 0.2) is 59.4 Å². The van der Waals surface area contributed by atoms with Crippen molar-refractivity contribution in [3.63, 3.8) is 0 Å². The summed E-state index contributed by atoms with van der Waals surface area (Å²) in [6, 6.07) is 14.4. The minimum atomic E-state index is -0.933. The highest BCUT2D eigenvalue weighted by Crippen LogP contribution is 2.36. The summed E-state index contributed by atoms with van der Waals surface area (Å²) in [4.78, 5) is 33.9. The molecule has 0 saturated heterocycles. The van der Waals surface area contributed by atoms with E-state index >= 15 is 4.39 Å². The Hall–Kier alpha value is -4.09. The number of rotatable bonds is 8. The van der Waals surface area contributed by atoms with Crippen LogP contribution >= 0.6 is 11.6 Å². The van der Waals surface area contributed by atoms with Crippen molar-refractivity contribution >= 4 is 29.0 Å². The van der Waals surface area contributed by atoms with E-state index in [9.17, 15) is 14.0 Å². The standard InChI is InChI=1S/C28H27ClF2N6O3/c1-4-34-23(15-40-14-18-9-6-5-7-10-18)33-37(28(34)39)26-22(31)13-19-25(32-26)35(17(2)3)16-36(27(19)38)24-20(29)11-8-12-21(24)30/h5-13,17H,4,14-16H2,1-3H3. The summed E-state index contributed by atoms with van der Waals surface area (Å²) in [6.07, 6.45) is 0. The Morgan fingerprint density at radius 2 is 1.75 bits per heavy atom. The molecule has 0 saturated carbocycles. The molecule has 40 heavy (non-hydrogen) atoms. The van der Waals surface area contributed by atoms with Gasteiger partial charge in [0.15, 0.2) is 17.5 Å². The Labute approximate surface area is 234 Å². The van der Waals surface area contributed by atoms with Crippen LogP contribution in [0.2, 0.25) is 5.02 Å². The fourth-order valence-corrected chi connectivity index (χ4v) is 4.85. The number of carbonyl (C=O) groups is 1. The van der Waals surface area contributed by atoms with Crippen molar-refractivity contribution in [2.45, 2.75) is 46.6 Å². The smallest absolute Gasteiger partial charge is 0.352 e. The molecule has 3 heterocycles. The molecule has 0 fully saturated rings. The fourth-order valence-electron chi connectivity index (χ4n) is 4.58. The highest BCUT2D eigenvalue weighted by molar-refractivity contribution is 6.34. The SMILES string of the molecule is CCn1c(COCc2ccccc2)nn(-c2nc3c(cc2F)C(=O)N(c2c(F)cccc2Cl)CN3C(C)C)c1=O. The van der Waals surface area contributed by atoms with Gasteiger partial charge in [-0.05, 0) is 44.5 Å². The lowest BCUT2D eigenvalue weighted by Crippen LogP contribution is -2.50. The summed E-state index contributed by atoms with van der Waals surface area (Å²) >= 11 is 6.24. The van der Waals surface area contributed by atoms with Crippen LogP contribution in [-0.4, -0.2) is 37.9 Å². The van der Waals surface area contributed by atoms with Gasteiger partial charge in [-0.3, -0.25) is 14.3 Å². The number of carbonyl (C=O) groups excluding carboxylic acids is 1. The minimum Gasteiger partial charge on any atom is -0.369 e. The average molecular weight is 569 g/mol. The normalized spacial score (nSPS) is 13.3. The van der Waals surface area contributed by atoms with Gasteiger partial charge in [0, 0.05) is 12.6 Å². The zero-order valence-electron chi connectivity index (χ0n) is 22.1. The number of hydrogen-bond acceptors (Lipinski definition) is 6. The lowest BCUT2D eigenvalue weighted by Gasteiger charge is -2.39. The van der Waals surface area contributed by atoms with E-state index in [2.05, 4.69) is 10.1 Å². The molecule has 2 aromatic carbocycles. The molecule has 0 atom stereocenters. The zero-order chi connectivity index (χ0) is 28.6. The number of pyridine rings is 1. The first-order chi connectivity index (χ1) is 19.2. The predicted octanol–water partition coefficient (Wildman–Crippen LogP) is 4.93. The van der Waals surface area contributed by atoms with Gasteiger partial charge in [-0.25, -0.2) is 18.6 Å². The van der Waals surface area contributed by atoms with Crippen molar-refractivity contribution in [2.24, 2.45) is 0 Å². The first kappa shape index (κ1) is 27.5. The van der Waals surface area contributed by atoms with Gasteiger partial charge >= 0.3 is 5.69 Å². The number of ether oxygens (including phenoxy) is 1. The van der Waals surface area contributed by atoms with E-state index in [1.165, 1.54) is 22.8 Å². The maximum atomic E-state index is 15.6. The summed E-state index contributed by atoms with van der Waals surface area (Å²) in [5.74, 6) is -2.18. The van der Waals surface area contributed by atoms with Gasteiger partial charge in [0.25, 0.3) is 5.91 Å². The van der Waals surface area contributed by atoms with Gasteiger partial charge < -0.3 is 9.64 Å². The number of nitrogens with zero attached hydrogens (tertiary/aromatic N) is 6. The third-order valence-corrected chi connectivity index (χ3v) is 6.91. The molecule has 208 valence electrons.